The van der Waals surface area contributed by atoms with Crippen molar-refractivity contribution in [3.05, 3.63) is 35.9 Å². The summed E-state index contributed by atoms with van der Waals surface area (Å²) in [6, 6.07) is 9.23. The normalized spacial score (nSPS) is 21.7. The fraction of sp³-hybridized carbons (Fsp3) is 0.640. The van der Waals surface area contributed by atoms with E-state index < -0.39 is 12.1 Å². The molecular weight excluding hydrogens is 420 g/mol. The lowest BCUT2D eigenvalue weighted by atomic mass is 9.85. The van der Waals surface area contributed by atoms with E-state index in [1.807, 2.05) is 30.3 Å². The van der Waals surface area contributed by atoms with Crippen LogP contribution in [0.15, 0.2) is 30.3 Å². The molecule has 1 saturated carbocycles. The fourth-order valence-electron chi connectivity index (χ4n) is 4.28. The fourth-order valence-corrected chi connectivity index (χ4v) is 4.28. The van der Waals surface area contributed by atoms with Crippen LogP contribution < -0.4 is 21.3 Å². The molecule has 8 nitrogen and oxygen atoms in total. The molecule has 0 unspecified atom stereocenters. The van der Waals surface area contributed by atoms with E-state index in [0.29, 0.717) is 19.0 Å². The zero-order valence-electron chi connectivity index (χ0n) is 20.6. The molecule has 0 radical (unpaired) electrons. The zero-order chi connectivity index (χ0) is 24.4. The molecule has 184 valence electrons. The smallest absolute Gasteiger partial charge is 0.408 e. The van der Waals surface area contributed by atoms with Gasteiger partial charge in [0.25, 0.3) is 0 Å². The summed E-state index contributed by atoms with van der Waals surface area (Å²) >= 11 is 0. The first-order chi connectivity index (χ1) is 15.5. The topological polar surface area (TPSA) is 109 Å². The van der Waals surface area contributed by atoms with Gasteiger partial charge in [-0.25, -0.2) is 4.79 Å². The van der Waals surface area contributed by atoms with Gasteiger partial charge in [0.1, 0.15) is 6.61 Å². The van der Waals surface area contributed by atoms with Crippen molar-refractivity contribution in [2.75, 3.05) is 6.54 Å². The molecule has 0 bridgehead atoms. The van der Waals surface area contributed by atoms with Crippen molar-refractivity contribution in [3.63, 3.8) is 0 Å². The first kappa shape index (κ1) is 26.8. The lowest BCUT2D eigenvalue weighted by molar-refractivity contribution is -0.120. The number of carbonyl (C=O) groups excluding carboxylic acids is 3. The zero-order valence-corrected chi connectivity index (χ0v) is 20.6. The molecule has 0 heterocycles. The molecule has 1 aromatic rings. The number of Topliss-reactive ketones (excluding diaryl/α,β-unsaturated/α-hetero) is 1. The summed E-state index contributed by atoms with van der Waals surface area (Å²) in [5.41, 5.74) is 0.899. The van der Waals surface area contributed by atoms with Gasteiger partial charge in [0.15, 0.2) is 5.78 Å². The van der Waals surface area contributed by atoms with E-state index in [0.717, 1.165) is 24.8 Å². The van der Waals surface area contributed by atoms with Crippen molar-refractivity contribution in [1.82, 2.24) is 21.3 Å². The minimum atomic E-state index is -0.626. The van der Waals surface area contributed by atoms with Crippen LogP contribution in [-0.4, -0.2) is 54.0 Å². The molecule has 0 spiro atoms. The molecule has 4 atom stereocenters. The van der Waals surface area contributed by atoms with Gasteiger partial charge in [-0.1, -0.05) is 30.3 Å². The van der Waals surface area contributed by atoms with Crippen LogP contribution in [0.4, 0.5) is 4.79 Å². The van der Waals surface area contributed by atoms with Crippen molar-refractivity contribution in [1.29, 1.82) is 0 Å². The van der Waals surface area contributed by atoms with Crippen molar-refractivity contribution in [2.24, 2.45) is 0 Å². The molecule has 8 heteroatoms. The predicted molar refractivity (Wildman–Crippen MR) is 129 cm³/mol. The Kier molecular flexibility index (Phi) is 10.3. The summed E-state index contributed by atoms with van der Waals surface area (Å²) in [6.07, 6.45) is 2.60. The van der Waals surface area contributed by atoms with Gasteiger partial charge in [0, 0.05) is 30.6 Å². The maximum absolute atomic E-state index is 12.2. The van der Waals surface area contributed by atoms with E-state index in [-0.39, 0.29) is 35.9 Å². The van der Waals surface area contributed by atoms with Crippen LogP contribution in [0.25, 0.3) is 0 Å². The first-order valence-electron chi connectivity index (χ1n) is 11.8. The van der Waals surface area contributed by atoms with Gasteiger partial charge < -0.3 is 26.0 Å². The maximum Gasteiger partial charge on any atom is 0.408 e. The molecule has 2 amide bonds. The van der Waals surface area contributed by atoms with Crippen molar-refractivity contribution >= 4 is 17.8 Å². The van der Waals surface area contributed by atoms with Gasteiger partial charge in [-0.05, 0) is 65.5 Å². The highest BCUT2D eigenvalue weighted by Crippen LogP contribution is 2.22. The molecule has 1 aliphatic carbocycles. The molecule has 0 aromatic heterocycles. The van der Waals surface area contributed by atoms with Crippen LogP contribution in [0, 0.1) is 0 Å². The molecular formula is C25H40N4O4. The van der Waals surface area contributed by atoms with Gasteiger partial charge in [0.2, 0.25) is 5.91 Å². The van der Waals surface area contributed by atoms with E-state index >= 15 is 0 Å². The summed E-state index contributed by atoms with van der Waals surface area (Å²) in [4.78, 5) is 36.0. The van der Waals surface area contributed by atoms with E-state index in [2.05, 4.69) is 42.0 Å². The van der Waals surface area contributed by atoms with Gasteiger partial charge in [-0.3, -0.25) is 9.59 Å². The average Bonchev–Trinajstić information content (AvgIpc) is 2.72. The third-order valence-corrected chi connectivity index (χ3v) is 5.71. The van der Waals surface area contributed by atoms with Crippen LogP contribution in [0.3, 0.4) is 0 Å². The summed E-state index contributed by atoms with van der Waals surface area (Å²) in [6.45, 7) is 10.1. The molecule has 4 N–H and O–H groups in total. The number of alkyl carbamates (subject to hydrolysis) is 1. The summed E-state index contributed by atoms with van der Waals surface area (Å²) in [7, 11) is 0. The number of nitrogens with one attached hydrogen (secondary N) is 4. The minimum absolute atomic E-state index is 0.00988. The maximum atomic E-state index is 12.2. The largest absolute Gasteiger partial charge is 0.445 e. The highest BCUT2D eigenvalue weighted by molar-refractivity contribution is 5.85. The second-order valence-corrected chi connectivity index (χ2v) is 9.93. The number of hydrogen-bond acceptors (Lipinski definition) is 6. The second kappa shape index (κ2) is 12.7. The number of rotatable bonds is 10. The molecule has 2 rings (SSSR count). The van der Waals surface area contributed by atoms with E-state index in [1.54, 1.807) is 0 Å². The van der Waals surface area contributed by atoms with Crippen molar-refractivity contribution in [2.45, 2.75) is 96.6 Å². The first-order valence-corrected chi connectivity index (χ1v) is 11.8. The lowest BCUT2D eigenvalue weighted by Crippen LogP contribution is -2.58. The van der Waals surface area contributed by atoms with Crippen LogP contribution in [-0.2, 0) is 20.9 Å². The Labute approximate surface area is 197 Å². The number of ether oxygens (including phenoxy) is 1. The SMILES string of the molecule is CC(=O)N[C@@H]1C[C@H](NC(C)(C)C)CC[C@@H]1NCC[C@H](NC(=O)OCc1ccccc1)C(C)=O. The minimum Gasteiger partial charge on any atom is -0.445 e. The highest BCUT2D eigenvalue weighted by Gasteiger charge is 2.32. The molecule has 33 heavy (non-hydrogen) atoms. The number of hydrogen-bond donors (Lipinski definition) is 4. The molecule has 0 saturated heterocycles. The monoisotopic (exact) mass is 460 g/mol. The highest BCUT2D eigenvalue weighted by atomic mass is 16.5. The molecule has 1 aliphatic rings. The van der Waals surface area contributed by atoms with Gasteiger partial charge in [-0.2, -0.15) is 0 Å². The number of ketones is 1. The molecule has 0 aliphatic heterocycles. The van der Waals surface area contributed by atoms with E-state index in [9.17, 15) is 14.4 Å². The third-order valence-electron chi connectivity index (χ3n) is 5.71. The Balaban J connectivity index is 1.83. The van der Waals surface area contributed by atoms with Gasteiger partial charge in [0.05, 0.1) is 6.04 Å². The number of amides is 2. The number of carbonyl (C=O) groups is 3. The van der Waals surface area contributed by atoms with Gasteiger partial charge >= 0.3 is 6.09 Å². The van der Waals surface area contributed by atoms with Crippen molar-refractivity contribution < 1.29 is 19.1 Å². The Morgan fingerprint density at radius 2 is 1.76 bits per heavy atom. The standard InChI is InChI=1S/C25H40N4O4/c1-17(30)21(28-24(32)33-16-19-9-7-6-8-10-19)13-14-26-22-12-11-20(29-25(3,4)5)15-23(22)27-18(2)31/h6-10,20-23,26,29H,11-16H2,1-5H3,(H,27,31)(H,28,32)/t20-,21+,22+,23-/m1/s1. The molecule has 1 fully saturated rings. The van der Waals surface area contributed by atoms with Crippen LogP contribution >= 0.6 is 0 Å². The lowest BCUT2D eigenvalue weighted by Gasteiger charge is -2.40. The summed E-state index contributed by atoms with van der Waals surface area (Å²) in [5.74, 6) is -0.169. The Bertz CT molecular complexity index is 778. The number of benzene rings is 1. The van der Waals surface area contributed by atoms with Crippen molar-refractivity contribution in [3.8, 4) is 0 Å². The molecule has 1 aromatic carbocycles. The average molecular weight is 461 g/mol. The summed E-state index contributed by atoms with van der Waals surface area (Å²) < 4.78 is 5.24. The third kappa shape index (κ3) is 10.4. The van der Waals surface area contributed by atoms with Crippen LogP contribution in [0.5, 0.6) is 0 Å². The summed E-state index contributed by atoms with van der Waals surface area (Å²) in [5, 5.41) is 12.9. The predicted octanol–water partition coefficient (Wildman–Crippen LogP) is 2.66. The van der Waals surface area contributed by atoms with Crippen LogP contribution in [0.1, 0.15) is 65.9 Å². The Hall–Kier alpha value is -2.45. The van der Waals surface area contributed by atoms with E-state index in [4.69, 9.17) is 4.74 Å². The van der Waals surface area contributed by atoms with Crippen LogP contribution in [0.2, 0.25) is 0 Å². The second-order valence-electron chi connectivity index (χ2n) is 9.93. The van der Waals surface area contributed by atoms with Gasteiger partial charge in [-0.15, -0.1) is 0 Å². The Morgan fingerprint density at radius 3 is 2.36 bits per heavy atom. The Morgan fingerprint density at radius 1 is 1.06 bits per heavy atom. The quantitative estimate of drug-likeness (QED) is 0.428. The van der Waals surface area contributed by atoms with E-state index in [1.165, 1.54) is 13.8 Å².